The first-order chi connectivity index (χ1) is 20.1. The van der Waals surface area contributed by atoms with E-state index >= 15 is 0 Å². The minimum absolute atomic E-state index is 0.0332. The molecule has 0 aromatic carbocycles. The maximum atomic E-state index is 12.5. The highest BCUT2D eigenvalue weighted by Gasteiger charge is 2.84. The maximum Gasteiger partial charge on any atom is 0.170 e. The molecule has 0 bridgehead atoms. The van der Waals surface area contributed by atoms with Crippen molar-refractivity contribution >= 4 is 0 Å². The molecule has 7 fully saturated rings. The van der Waals surface area contributed by atoms with Crippen LogP contribution in [0, 0.1) is 50.7 Å². The Morgan fingerprint density at radius 2 is 1.70 bits per heavy atom. The first-order valence-electron chi connectivity index (χ1n) is 17.6. The molecule has 2 unspecified atom stereocenters. The van der Waals surface area contributed by atoms with Crippen LogP contribution in [0.2, 0.25) is 0 Å². The van der Waals surface area contributed by atoms with Crippen LogP contribution in [0.25, 0.3) is 0 Å². The number of fused-ring (bicyclic) bond motifs is 4. The van der Waals surface area contributed by atoms with Gasteiger partial charge in [-0.15, -0.1) is 0 Å². The number of ether oxygens (including phenoxy) is 4. The molecular weight excluding hydrogens is 542 g/mol. The number of methoxy groups -OCH3 is 1. The third-order valence-corrected chi connectivity index (χ3v) is 15.6. The molecule has 0 radical (unpaired) electrons. The Balaban J connectivity index is 1.15. The Kier molecular flexibility index (Phi) is 7.19. The highest BCUT2D eigenvalue weighted by molar-refractivity contribution is 5.33. The van der Waals surface area contributed by atoms with Gasteiger partial charge in [-0.25, -0.2) is 0 Å². The van der Waals surface area contributed by atoms with Crippen LogP contribution < -0.4 is 0 Å². The summed E-state index contributed by atoms with van der Waals surface area (Å²) in [6.07, 6.45) is 8.18. The molecule has 0 amide bonds. The Morgan fingerprint density at radius 3 is 2.37 bits per heavy atom. The monoisotopic (exact) mass is 603 g/mol. The second kappa shape index (κ2) is 9.87. The fourth-order valence-corrected chi connectivity index (χ4v) is 13.6. The van der Waals surface area contributed by atoms with E-state index in [1.165, 1.54) is 38.5 Å². The highest BCUT2D eigenvalue weighted by atomic mass is 16.7. The molecule has 43 heavy (non-hydrogen) atoms. The summed E-state index contributed by atoms with van der Waals surface area (Å²) in [5.74, 6) is 1.89. The fourth-order valence-electron chi connectivity index (χ4n) is 13.6. The van der Waals surface area contributed by atoms with Crippen LogP contribution in [0.3, 0.4) is 0 Å². The van der Waals surface area contributed by atoms with Crippen molar-refractivity contribution in [3.05, 3.63) is 0 Å². The highest BCUT2D eigenvalue weighted by Crippen LogP contribution is 2.89. The molecule has 5 saturated carbocycles. The number of aliphatic hydroxyl groups excluding tert-OH is 1. The molecule has 7 aliphatic rings. The molecule has 2 saturated heterocycles. The SMILES string of the molecule is CO[C@@H]([C@H]1C[C@@H](C)[C@H]2[C@H](O1)[C@H](O)[C@@]1(C)[C@@H]3CC[C@H]4C(C)(C)[C@@H](O[C@H]5CN(C)CCO5)CCC45CC35CC[C@]21C)C(C)(C)O. The zero-order valence-electron chi connectivity index (χ0n) is 28.5. The number of nitrogens with zero attached hydrogens (tertiary/aromatic N) is 1. The third-order valence-electron chi connectivity index (χ3n) is 15.6. The van der Waals surface area contributed by atoms with Crippen LogP contribution in [0.5, 0.6) is 0 Å². The van der Waals surface area contributed by atoms with Gasteiger partial charge >= 0.3 is 0 Å². The van der Waals surface area contributed by atoms with E-state index < -0.39 is 17.8 Å². The molecule has 5 aliphatic carbocycles. The summed E-state index contributed by atoms with van der Waals surface area (Å²) in [6, 6.07) is 0. The summed E-state index contributed by atoms with van der Waals surface area (Å²) in [6.45, 7) is 18.5. The van der Waals surface area contributed by atoms with E-state index in [-0.39, 0.29) is 40.8 Å². The first-order valence-corrected chi connectivity index (χ1v) is 17.6. The van der Waals surface area contributed by atoms with E-state index in [9.17, 15) is 10.2 Å². The normalized spacial score (nSPS) is 54.9. The van der Waals surface area contributed by atoms with E-state index in [1.807, 2.05) is 13.8 Å². The van der Waals surface area contributed by atoms with Crippen LogP contribution in [0.4, 0.5) is 0 Å². The van der Waals surface area contributed by atoms with Crippen molar-refractivity contribution < 1.29 is 29.2 Å². The lowest BCUT2D eigenvalue weighted by molar-refractivity contribution is -0.247. The smallest absolute Gasteiger partial charge is 0.170 e. The number of morpholine rings is 1. The minimum atomic E-state index is -1.01. The van der Waals surface area contributed by atoms with Gasteiger partial charge in [0.2, 0.25) is 0 Å². The minimum Gasteiger partial charge on any atom is -0.390 e. The molecule has 2 spiro atoms. The van der Waals surface area contributed by atoms with E-state index in [4.69, 9.17) is 18.9 Å². The lowest BCUT2D eigenvalue weighted by Crippen LogP contribution is -2.60. The van der Waals surface area contributed by atoms with Crippen molar-refractivity contribution in [2.75, 3.05) is 33.9 Å². The largest absolute Gasteiger partial charge is 0.390 e. The molecule has 2 heterocycles. The molecule has 14 atom stereocenters. The molecule has 246 valence electrons. The Bertz CT molecular complexity index is 1090. The summed E-state index contributed by atoms with van der Waals surface area (Å²) in [5.41, 5.74) is -0.356. The molecule has 0 aromatic rings. The number of hydrogen-bond acceptors (Lipinski definition) is 7. The molecule has 7 rings (SSSR count). The summed E-state index contributed by atoms with van der Waals surface area (Å²) in [5, 5.41) is 23.4. The Hall–Kier alpha value is -0.280. The Labute approximate surface area is 260 Å². The summed E-state index contributed by atoms with van der Waals surface area (Å²) < 4.78 is 25.6. The van der Waals surface area contributed by atoms with Gasteiger partial charge in [-0.05, 0) is 118 Å². The standard InChI is InChI=1S/C36H61NO6/c1-21-18-22(30(40-9)32(4,5)39)42-28-27(21)33(6)14-15-36-20-35(36)13-12-25(43-26-19-37(8)16-17-41-26)31(2,3)23(35)10-11-24(36)34(33,7)29(28)38/h21-30,38-39H,10-20H2,1-9H3/t21-,22-,23+,24+,25+,26+,27+,28+,29+,30+,33-,34-,35?,36?/m1/s1. The van der Waals surface area contributed by atoms with Crippen molar-refractivity contribution in [3.63, 3.8) is 0 Å². The zero-order valence-corrected chi connectivity index (χ0v) is 28.5. The van der Waals surface area contributed by atoms with E-state index in [0.717, 1.165) is 32.5 Å². The van der Waals surface area contributed by atoms with Crippen molar-refractivity contribution in [1.82, 2.24) is 4.90 Å². The average molecular weight is 604 g/mol. The van der Waals surface area contributed by atoms with Gasteiger partial charge in [0.05, 0.1) is 36.6 Å². The molecule has 7 nitrogen and oxygen atoms in total. The molecule has 0 aromatic heterocycles. The average Bonchev–Trinajstić information content (AvgIpc) is 3.55. The summed E-state index contributed by atoms with van der Waals surface area (Å²) in [4.78, 5) is 2.32. The number of hydrogen-bond donors (Lipinski definition) is 2. The van der Waals surface area contributed by atoms with Crippen molar-refractivity contribution in [1.29, 1.82) is 0 Å². The number of likely N-dealkylation sites (N-methyl/N-ethyl adjacent to an activating group) is 1. The second-order valence-corrected chi connectivity index (χ2v) is 18.1. The number of rotatable bonds is 5. The third kappa shape index (κ3) is 4.04. The molecule has 2 aliphatic heterocycles. The lowest BCUT2D eigenvalue weighted by Gasteiger charge is -2.64. The van der Waals surface area contributed by atoms with Gasteiger partial charge in [-0.3, -0.25) is 4.90 Å². The fraction of sp³-hybridized carbons (Fsp3) is 1.00. The lowest BCUT2D eigenvalue weighted by atomic mass is 9.41. The van der Waals surface area contributed by atoms with Crippen LogP contribution in [-0.2, 0) is 18.9 Å². The van der Waals surface area contributed by atoms with Crippen molar-refractivity contribution in [3.8, 4) is 0 Å². The maximum absolute atomic E-state index is 12.5. The van der Waals surface area contributed by atoms with Gasteiger partial charge in [0, 0.05) is 25.6 Å². The molecule has 7 heteroatoms. The van der Waals surface area contributed by atoms with E-state index in [2.05, 4.69) is 46.6 Å². The van der Waals surface area contributed by atoms with Gasteiger partial charge in [0.15, 0.2) is 6.29 Å². The number of aliphatic hydroxyl groups is 2. The van der Waals surface area contributed by atoms with Gasteiger partial charge in [0.25, 0.3) is 0 Å². The van der Waals surface area contributed by atoms with Gasteiger partial charge in [-0.2, -0.15) is 0 Å². The topological polar surface area (TPSA) is 80.6 Å². The van der Waals surface area contributed by atoms with Gasteiger partial charge in [-0.1, -0.05) is 34.6 Å². The van der Waals surface area contributed by atoms with Crippen molar-refractivity contribution in [2.24, 2.45) is 50.7 Å². The van der Waals surface area contributed by atoms with Crippen LogP contribution >= 0.6 is 0 Å². The molecule has 2 N–H and O–H groups in total. The predicted octanol–water partition coefficient (Wildman–Crippen LogP) is 5.26. The first kappa shape index (κ1) is 31.3. The van der Waals surface area contributed by atoms with Crippen LogP contribution in [-0.4, -0.2) is 91.4 Å². The second-order valence-electron chi connectivity index (χ2n) is 18.1. The van der Waals surface area contributed by atoms with E-state index in [0.29, 0.717) is 34.5 Å². The van der Waals surface area contributed by atoms with Crippen LogP contribution in [0.1, 0.15) is 99.8 Å². The quantitative estimate of drug-likeness (QED) is 0.444. The summed E-state index contributed by atoms with van der Waals surface area (Å²) >= 11 is 0. The molecular formula is C36H61NO6. The van der Waals surface area contributed by atoms with Gasteiger partial charge < -0.3 is 29.2 Å². The van der Waals surface area contributed by atoms with Crippen LogP contribution in [0.15, 0.2) is 0 Å². The zero-order chi connectivity index (χ0) is 31.0. The predicted molar refractivity (Wildman–Crippen MR) is 165 cm³/mol. The summed E-state index contributed by atoms with van der Waals surface area (Å²) in [7, 11) is 3.84. The van der Waals surface area contributed by atoms with Gasteiger partial charge in [0.1, 0.15) is 6.10 Å². The Morgan fingerprint density at radius 1 is 1.00 bits per heavy atom. The van der Waals surface area contributed by atoms with E-state index in [1.54, 1.807) is 7.11 Å². The van der Waals surface area contributed by atoms with Crippen molar-refractivity contribution in [2.45, 2.75) is 142 Å².